The number of nitrogens with zero attached hydrogens (tertiary/aromatic N) is 2. The SMILES string of the molecule is c1ccc(-c2cccc3ccc(N(c4ccc5c(c4)oc4ccccc45)c4ccc5c(c4)oc4cccc(-c6nc7ccccc7o6)c45)cc23)cc1. The average Bonchev–Trinajstić information content (AvgIpc) is 3.91. The second-order valence-corrected chi connectivity index (χ2v) is 13.1. The number of para-hydroxylation sites is 3. The number of hydrogen-bond donors (Lipinski definition) is 0. The highest BCUT2D eigenvalue weighted by Crippen LogP contribution is 2.44. The van der Waals surface area contributed by atoms with E-state index < -0.39 is 0 Å². The van der Waals surface area contributed by atoms with Crippen molar-refractivity contribution >= 4 is 82.8 Å². The molecule has 52 heavy (non-hydrogen) atoms. The summed E-state index contributed by atoms with van der Waals surface area (Å²) < 4.78 is 19.2. The molecule has 5 nitrogen and oxygen atoms in total. The number of furan rings is 2. The van der Waals surface area contributed by atoms with E-state index in [1.54, 1.807) is 0 Å². The summed E-state index contributed by atoms with van der Waals surface area (Å²) in [4.78, 5) is 7.09. The summed E-state index contributed by atoms with van der Waals surface area (Å²) in [7, 11) is 0. The van der Waals surface area contributed by atoms with E-state index in [0.29, 0.717) is 5.89 Å². The normalized spacial score (nSPS) is 11.8. The molecular weight excluding hydrogens is 641 g/mol. The molecule has 0 spiro atoms. The van der Waals surface area contributed by atoms with E-state index >= 15 is 0 Å². The molecule has 11 rings (SSSR count). The number of aromatic nitrogens is 1. The van der Waals surface area contributed by atoms with Crippen molar-refractivity contribution in [2.75, 3.05) is 4.90 Å². The molecule has 0 aliphatic carbocycles. The Hall–Kier alpha value is -7.11. The van der Waals surface area contributed by atoms with Gasteiger partial charge in [-0.1, -0.05) is 91.0 Å². The Bertz CT molecular complexity index is 3120. The predicted molar refractivity (Wildman–Crippen MR) is 212 cm³/mol. The van der Waals surface area contributed by atoms with Gasteiger partial charge in [-0.2, -0.15) is 0 Å². The molecule has 0 amide bonds. The van der Waals surface area contributed by atoms with Gasteiger partial charge in [0.1, 0.15) is 27.8 Å². The van der Waals surface area contributed by atoms with E-state index in [4.69, 9.17) is 18.2 Å². The monoisotopic (exact) mass is 668 g/mol. The number of hydrogen-bond acceptors (Lipinski definition) is 5. The highest BCUT2D eigenvalue weighted by atomic mass is 16.4. The minimum absolute atomic E-state index is 0.574. The van der Waals surface area contributed by atoms with Gasteiger partial charge in [0.2, 0.25) is 5.89 Å². The second-order valence-electron chi connectivity index (χ2n) is 13.1. The molecule has 0 atom stereocenters. The van der Waals surface area contributed by atoms with Crippen molar-refractivity contribution in [3.05, 3.63) is 170 Å². The fourth-order valence-electron chi connectivity index (χ4n) is 7.69. The average molecular weight is 669 g/mol. The van der Waals surface area contributed by atoms with Gasteiger partial charge in [0.15, 0.2) is 5.58 Å². The molecule has 5 heteroatoms. The van der Waals surface area contributed by atoms with Crippen LogP contribution < -0.4 is 4.90 Å². The van der Waals surface area contributed by atoms with Gasteiger partial charge in [-0.15, -0.1) is 0 Å². The molecule has 0 fully saturated rings. The van der Waals surface area contributed by atoms with Crippen molar-refractivity contribution < 1.29 is 13.3 Å². The van der Waals surface area contributed by atoms with Crippen LogP contribution in [0.5, 0.6) is 0 Å². The van der Waals surface area contributed by atoms with E-state index in [2.05, 4.69) is 120 Å². The zero-order valence-corrected chi connectivity index (χ0v) is 27.8. The lowest BCUT2D eigenvalue weighted by atomic mass is 9.97. The third kappa shape index (κ3) is 4.46. The Labute approximate surface area is 297 Å². The number of anilines is 3. The van der Waals surface area contributed by atoms with Crippen LogP contribution in [-0.4, -0.2) is 4.98 Å². The van der Waals surface area contributed by atoms with Crippen LogP contribution in [0.4, 0.5) is 17.1 Å². The molecule has 0 unspecified atom stereocenters. The van der Waals surface area contributed by atoms with Gasteiger partial charge >= 0.3 is 0 Å². The predicted octanol–water partition coefficient (Wildman–Crippen LogP) is 13.6. The van der Waals surface area contributed by atoms with Gasteiger partial charge in [0.25, 0.3) is 0 Å². The molecule has 244 valence electrons. The number of oxazole rings is 1. The Balaban J connectivity index is 1.12. The first kappa shape index (κ1) is 28.7. The van der Waals surface area contributed by atoms with Crippen LogP contribution in [0.1, 0.15) is 0 Å². The highest BCUT2D eigenvalue weighted by Gasteiger charge is 2.21. The van der Waals surface area contributed by atoms with Crippen molar-refractivity contribution in [2.45, 2.75) is 0 Å². The fourth-order valence-corrected chi connectivity index (χ4v) is 7.69. The maximum absolute atomic E-state index is 6.59. The largest absolute Gasteiger partial charge is 0.456 e. The standard InChI is InChI=1S/C47H28N2O3/c1-2-10-29(11-3-1)34-14-8-12-30-20-21-31(26-39(30)34)49(32-22-24-36-35-13-4-6-17-41(35)50-44(36)27-32)33-23-25-37-45(28-33)51-43-19-9-15-38(46(37)43)47-48-40-16-5-7-18-42(40)52-47/h1-28H. The maximum Gasteiger partial charge on any atom is 0.228 e. The van der Waals surface area contributed by atoms with Crippen LogP contribution in [0.2, 0.25) is 0 Å². The first-order valence-electron chi connectivity index (χ1n) is 17.4. The quantitative estimate of drug-likeness (QED) is 0.183. The number of benzene rings is 8. The van der Waals surface area contributed by atoms with E-state index in [1.807, 2.05) is 54.6 Å². The summed E-state index contributed by atoms with van der Waals surface area (Å²) in [5, 5.41) is 6.51. The molecule has 0 saturated heterocycles. The maximum atomic E-state index is 6.59. The van der Waals surface area contributed by atoms with Crippen molar-refractivity contribution in [1.29, 1.82) is 0 Å². The smallest absolute Gasteiger partial charge is 0.228 e. The number of fused-ring (bicyclic) bond motifs is 8. The van der Waals surface area contributed by atoms with Crippen molar-refractivity contribution in [3.63, 3.8) is 0 Å². The fraction of sp³-hybridized carbons (Fsp3) is 0. The van der Waals surface area contributed by atoms with E-state index in [-0.39, 0.29) is 0 Å². The van der Waals surface area contributed by atoms with Crippen molar-refractivity contribution in [3.8, 4) is 22.6 Å². The molecule has 0 aliphatic rings. The molecule has 0 aliphatic heterocycles. The molecule has 0 saturated carbocycles. The van der Waals surface area contributed by atoms with Crippen LogP contribution in [0.15, 0.2) is 183 Å². The third-order valence-electron chi connectivity index (χ3n) is 10.1. The van der Waals surface area contributed by atoms with E-state index in [0.717, 1.165) is 77.6 Å². The van der Waals surface area contributed by atoms with Gasteiger partial charge < -0.3 is 18.2 Å². The third-order valence-corrected chi connectivity index (χ3v) is 10.1. The van der Waals surface area contributed by atoms with Crippen LogP contribution in [-0.2, 0) is 0 Å². The summed E-state index contributed by atoms with van der Waals surface area (Å²) in [6.45, 7) is 0. The highest BCUT2D eigenvalue weighted by molar-refractivity contribution is 6.13. The Morgan fingerprint density at radius 2 is 1.02 bits per heavy atom. The van der Waals surface area contributed by atoms with Crippen LogP contribution in [0, 0.1) is 0 Å². The summed E-state index contributed by atoms with van der Waals surface area (Å²) >= 11 is 0. The van der Waals surface area contributed by atoms with Gasteiger partial charge in [-0.05, 0) is 88.6 Å². The zero-order chi connectivity index (χ0) is 34.2. The van der Waals surface area contributed by atoms with Gasteiger partial charge in [0.05, 0.1) is 0 Å². The second kappa shape index (κ2) is 11.2. The van der Waals surface area contributed by atoms with Gasteiger partial charge in [-0.25, -0.2) is 4.98 Å². The lowest BCUT2D eigenvalue weighted by molar-refractivity contribution is 0.620. The molecule has 0 radical (unpaired) electrons. The molecule has 0 bridgehead atoms. The van der Waals surface area contributed by atoms with Crippen LogP contribution in [0.25, 0.3) is 88.3 Å². The summed E-state index contributed by atoms with van der Waals surface area (Å²) in [5.41, 5.74) is 11.1. The minimum atomic E-state index is 0.574. The molecule has 11 aromatic rings. The molecular formula is C47H28N2O3. The Morgan fingerprint density at radius 3 is 1.88 bits per heavy atom. The van der Waals surface area contributed by atoms with Crippen molar-refractivity contribution in [1.82, 2.24) is 4.98 Å². The lowest BCUT2D eigenvalue weighted by Gasteiger charge is -2.26. The topological polar surface area (TPSA) is 55.6 Å². The lowest BCUT2D eigenvalue weighted by Crippen LogP contribution is -2.09. The van der Waals surface area contributed by atoms with Gasteiger partial charge in [-0.3, -0.25) is 0 Å². The summed E-state index contributed by atoms with van der Waals surface area (Å²) in [5.74, 6) is 0.574. The van der Waals surface area contributed by atoms with E-state index in [9.17, 15) is 0 Å². The van der Waals surface area contributed by atoms with Gasteiger partial charge in [0, 0.05) is 56.3 Å². The molecule has 8 aromatic carbocycles. The Kier molecular flexibility index (Phi) is 6.18. The van der Waals surface area contributed by atoms with E-state index in [1.165, 1.54) is 21.9 Å². The van der Waals surface area contributed by atoms with Crippen LogP contribution in [0.3, 0.4) is 0 Å². The van der Waals surface area contributed by atoms with Crippen molar-refractivity contribution in [2.24, 2.45) is 0 Å². The zero-order valence-electron chi connectivity index (χ0n) is 27.8. The molecule has 3 aromatic heterocycles. The molecule has 3 heterocycles. The summed E-state index contributed by atoms with van der Waals surface area (Å²) in [6.07, 6.45) is 0. The minimum Gasteiger partial charge on any atom is -0.456 e. The van der Waals surface area contributed by atoms with Crippen LogP contribution >= 0.6 is 0 Å². The molecule has 0 N–H and O–H groups in total. The summed E-state index contributed by atoms with van der Waals surface area (Å²) in [6, 6.07) is 58.7. The first-order valence-corrected chi connectivity index (χ1v) is 17.4. The Morgan fingerprint density at radius 1 is 0.385 bits per heavy atom. The number of rotatable bonds is 5. The first-order chi connectivity index (χ1) is 25.7.